The minimum atomic E-state index is 0.226. The minimum absolute atomic E-state index is 0.226. The van der Waals surface area contributed by atoms with Gasteiger partial charge in [-0.1, -0.05) is 36.9 Å². The van der Waals surface area contributed by atoms with Crippen molar-refractivity contribution in [2.75, 3.05) is 5.75 Å². The van der Waals surface area contributed by atoms with E-state index in [4.69, 9.17) is 4.98 Å². The molecule has 0 saturated carbocycles. The van der Waals surface area contributed by atoms with E-state index >= 15 is 0 Å². The first-order valence-corrected chi connectivity index (χ1v) is 10.3. The van der Waals surface area contributed by atoms with Crippen LogP contribution in [0.1, 0.15) is 52.3 Å². The molecule has 2 aromatic rings. The maximum Gasteiger partial charge on any atom is 0.233 e. The van der Waals surface area contributed by atoms with Crippen LogP contribution >= 0.6 is 11.8 Å². The molecule has 1 saturated heterocycles. The second kappa shape index (κ2) is 8.17. The number of benzene rings is 1. The maximum atomic E-state index is 12.8. The van der Waals surface area contributed by atoms with Crippen LogP contribution in [0.4, 0.5) is 0 Å². The highest BCUT2D eigenvalue weighted by molar-refractivity contribution is 8.00. The van der Waals surface area contributed by atoms with Crippen molar-refractivity contribution in [2.24, 2.45) is 0 Å². The zero-order valence-electron chi connectivity index (χ0n) is 15.4. The van der Waals surface area contributed by atoms with Crippen molar-refractivity contribution in [3.63, 3.8) is 0 Å². The third-order valence-electron chi connectivity index (χ3n) is 4.90. The summed E-state index contributed by atoms with van der Waals surface area (Å²) in [6.45, 7) is 6.46. The lowest BCUT2D eigenvalue weighted by atomic mass is 9.98. The van der Waals surface area contributed by atoms with Gasteiger partial charge in [-0.25, -0.2) is 9.97 Å². The lowest BCUT2D eigenvalue weighted by Gasteiger charge is -2.39. The first-order chi connectivity index (χ1) is 12.1. The number of amides is 1. The summed E-state index contributed by atoms with van der Waals surface area (Å²) in [5, 5.41) is 1.97. The summed E-state index contributed by atoms with van der Waals surface area (Å²) in [6, 6.07) is 8.76. The average molecular weight is 358 g/mol. The number of piperidine rings is 1. The SMILES string of the molecule is CCCc1nc(SCC(=O)N2[C@H](C)CCC[C@H]2C)c2ccccc2n1. The molecule has 4 nitrogen and oxygen atoms in total. The van der Waals surface area contributed by atoms with Gasteiger partial charge in [0, 0.05) is 23.9 Å². The van der Waals surface area contributed by atoms with Crippen LogP contribution in [0.5, 0.6) is 0 Å². The molecule has 25 heavy (non-hydrogen) atoms. The zero-order chi connectivity index (χ0) is 17.8. The zero-order valence-corrected chi connectivity index (χ0v) is 16.2. The smallest absolute Gasteiger partial charge is 0.233 e. The third-order valence-corrected chi connectivity index (χ3v) is 5.88. The highest BCUT2D eigenvalue weighted by atomic mass is 32.2. The van der Waals surface area contributed by atoms with E-state index in [2.05, 4.69) is 30.7 Å². The number of aryl methyl sites for hydroxylation is 1. The number of fused-ring (bicyclic) bond motifs is 1. The lowest BCUT2D eigenvalue weighted by molar-refractivity contribution is -0.134. The molecule has 0 bridgehead atoms. The number of rotatable bonds is 5. The van der Waals surface area contributed by atoms with Crippen LogP contribution in [0.25, 0.3) is 10.9 Å². The number of para-hydroxylation sites is 1. The van der Waals surface area contributed by atoms with Gasteiger partial charge in [0.05, 0.1) is 11.3 Å². The number of carbonyl (C=O) groups excluding carboxylic acids is 1. The molecule has 1 aromatic carbocycles. The summed E-state index contributed by atoms with van der Waals surface area (Å²) in [5.41, 5.74) is 0.968. The second-order valence-corrected chi connectivity index (χ2v) is 7.89. The van der Waals surface area contributed by atoms with Gasteiger partial charge in [-0.3, -0.25) is 4.79 Å². The van der Waals surface area contributed by atoms with Crippen molar-refractivity contribution in [3.05, 3.63) is 30.1 Å². The summed E-state index contributed by atoms with van der Waals surface area (Å²) in [5.74, 6) is 1.54. The average Bonchev–Trinajstić information content (AvgIpc) is 2.60. The van der Waals surface area contributed by atoms with Crippen LogP contribution in [0, 0.1) is 0 Å². The Balaban J connectivity index is 1.79. The second-order valence-electron chi connectivity index (χ2n) is 6.93. The minimum Gasteiger partial charge on any atom is -0.337 e. The standard InChI is InChI=1S/C20H27N3OS/c1-4-8-18-21-17-12-6-5-11-16(17)20(22-18)25-13-19(24)23-14(2)9-7-10-15(23)3/h5-6,11-12,14-15H,4,7-10,13H2,1-3H3/t14-,15-/m1/s1. The van der Waals surface area contributed by atoms with E-state index in [0.717, 1.165) is 47.4 Å². The fourth-order valence-electron chi connectivity index (χ4n) is 3.66. The number of carbonyl (C=O) groups is 1. The largest absolute Gasteiger partial charge is 0.337 e. The molecule has 2 atom stereocenters. The molecule has 0 radical (unpaired) electrons. The topological polar surface area (TPSA) is 46.1 Å². The van der Waals surface area contributed by atoms with E-state index in [9.17, 15) is 4.79 Å². The van der Waals surface area contributed by atoms with E-state index in [1.165, 1.54) is 6.42 Å². The van der Waals surface area contributed by atoms with Crippen LogP contribution in [-0.4, -0.2) is 38.6 Å². The molecule has 0 N–H and O–H groups in total. The normalized spacial score (nSPS) is 20.8. The first kappa shape index (κ1) is 18.2. The Bertz CT molecular complexity index is 739. The third kappa shape index (κ3) is 4.14. The van der Waals surface area contributed by atoms with Gasteiger partial charge < -0.3 is 4.90 Å². The van der Waals surface area contributed by atoms with Gasteiger partial charge in [0.2, 0.25) is 5.91 Å². The summed E-state index contributed by atoms with van der Waals surface area (Å²) >= 11 is 1.55. The van der Waals surface area contributed by atoms with Gasteiger partial charge in [0.15, 0.2) is 0 Å². The molecule has 0 unspecified atom stereocenters. The molecule has 1 aliphatic heterocycles. The van der Waals surface area contributed by atoms with Gasteiger partial charge in [0.25, 0.3) is 0 Å². The van der Waals surface area contributed by atoms with Crippen molar-refractivity contribution in [1.29, 1.82) is 0 Å². The molecule has 1 fully saturated rings. The quantitative estimate of drug-likeness (QED) is 0.585. The summed E-state index contributed by atoms with van der Waals surface area (Å²) in [4.78, 5) is 24.3. The van der Waals surface area contributed by atoms with E-state index in [0.29, 0.717) is 17.8 Å². The summed E-state index contributed by atoms with van der Waals surface area (Å²) < 4.78 is 0. The van der Waals surface area contributed by atoms with Crippen LogP contribution in [0.3, 0.4) is 0 Å². The molecule has 0 aliphatic carbocycles. The fourth-order valence-corrected chi connectivity index (χ4v) is 4.56. The van der Waals surface area contributed by atoms with Gasteiger partial charge in [-0.05, 0) is 45.6 Å². The molecule has 1 aromatic heterocycles. The summed E-state index contributed by atoms with van der Waals surface area (Å²) in [6.07, 6.45) is 5.32. The Labute approximate surface area is 154 Å². The number of thioether (sulfide) groups is 1. The van der Waals surface area contributed by atoms with E-state index in [1.54, 1.807) is 11.8 Å². The van der Waals surface area contributed by atoms with Crippen molar-refractivity contribution in [1.82, 2.24) is 14.9 Å². The van der Waals surface area contributed by atoms with Gasteiger partial charge >= 0.3 is 0 Å². The van der Waals surface area contributed by atoms with E-state index < -0.39 is 0 Å². The number of hydrogen-bond donors (Lipinski definition) is 0. The summed E-state index contributed by atoms with van der Waals surface area (Å²) in [7, 11) is 0. The number of nitrogens with zero attached hydrogens (tertiary/aromatic N) is 3. The lowest BCUT2D eigenvalue weighted by Crippen LogP contribution is -2.48. The molecule has 134 valence electrons. The van der Waals surface area contributed by atoms with E-state index in [-0.39, 0.29) is 5.91 Å². The predicted octanol–water partition coefficient (Wildman–Crippen LogP) is 4.46. The van der Waals surface area contributed by atoms with Gasteiger partial charge in [-0.15, -0.1) is 0 Å². The van der Waals surface area contributed by atoms with Crippen molar-refractivity contribution in [2.45, 2.75) is 70.0 Å². The highest BCUT2D eigenvalue weighted by Gasteiger charge is 2.28. The van der Waals surface area contributed by atoms with E-state index in [1.807, 2.05) is 24.3 Å². The van der Waals surface area contributed by atoms with Crippen LogP contribution in [0.15, 0.2) is 29.3 Å². The van der Waals surface area contributed by atoms with Gasteiger partial charge in [0.1, 0.15) is 10.9 Å². The fraction of sp³-hybridized carbons (Fsp3) is 0.550. The highest BCUT2D eigenvalue weighted by Crippen LogP contribution is 2.28. The molecular formula is C20H27N3OS. The Hall–Kier alpha value is -1.62. The van der Waals surface area contributed by atoms with Crippen molar-refractivity contribution in [3.8, 4) is 0 Å². The van der Waals surface area contributed by atoms with Crippen molar-refractivity contribution < 1.29 is 4.79 Å². The Morgan fingerprint density at radius 3 is 2.64 bits per heavy atom. The number of aromatic nitrogens is 2. The van der Waals surface area contributed by atoms with Crippen LogP contribution in [-0.2, 0) is 11.2 Å². The predicted molar refractivity (Wildman–Crippen MR) is 104 cm³/mol. The Kier molecular flexibility index (Phi) is 5.94. The molecule has 2 heterocycles. The maximum absolute atomic E-state index is 12.8. The van der Waals surface area contributed by atoms with Crippen LogP contribution < -0.4 is 0 Å². The molecule has 3 rings (SSSR count). The molecule has 1 aliphatic rings. The molecule has 1 amide bonds. The van der Waals surface area contributed by atoms with Crippen molar-refractivity contribution >= 4 is 28.6 Å². The molecule has 0 spiro atoms. The molecule has 5 heteroatoms. The van der Waals surface area contributed by atoms with Gasteiger partial charge in [-0.2, -0.15) is 0 Å². The monoisotopic (exact) mass is 357 g/mol. The molecular weight excluding hydrogens is 330 g/mol. The Morgan fingerprint density at radius 2 is 1.92 bits per heavy atom. The Morgan fingerprint density at radius 1 is 1.20 bits per heavy atom. The van der Waals surface area contributed by atoms with Crippen LogP contribution in [0.2, 0.25) is 0 Å². The number of hydrogen-bond acceptors (Lipinski definition) is 4. The first-order valence-electron chi connectivity index (χ1n) is 9.29. The number of likely N-dealkylation sites (tertiary alicyclic amines) is 1.